The van der Waals surface area contributed by atoms with E-state index in [1.54, 1.807) is 0 Å². The lowest BCUT2D eigenvalue weighted by Crippen LogP contribution is -2.45. The first kappa shape index (κ1) is 67.6. The minimum atomic E-state index is -0.678. The molecule has 6 nitrogen and oxygen atoms in total. The smallest absolute Gasteiger partial charge is 0.305 e. The SMILES string of the molecule is CCCCCCCCC/C=C\CCCCCCCCCC(=O)OCCCCCCCCCCCCCC(=O)NC(CO)C(O)CCCCCCCCCCCCCCCCCCCCCCCCC. The van der Waals surface area contributed by atoms with Crippen molar-refractivity contribution in [1.29, 1.82) is 0 Å². The zero-order chi connectivity index (χ0) is 50.0. The maximum atomic E-state index is 12.5. The van der Waals surface area contributed by atoms with Crippen molar-refractivity contribution in [3.05, 3.63) is 12.2 Å². The van der Waals surface area contributed by atoms with Crippen LogP contribution in [0.4, 0.5) is 0 Å². The molecule has 0 aliphatic carbocycles. The summed E-state index contributed by atoms with van der Waals surface area (Å²) in [7, 11) is 0. The van der Waals surface area contributed by atoms with Gasteiger partial charge in [-0.15, -0.1) is 0 Å². The number of aliphatic hydroxyl groups is 2. The number of nitrogens with one attached hydrogen (secondary N) is 1. The van der Waals surface area contributed by atoms with Gasteiger partial charge >= 0.3 is 5.97 Å². The molecule has 1 amide bonds. The molecule has 3 N–H and O–H groups in total. The molecule has 0 aliphatic heterocycles. The number of rotatable bonds is 59. The Balaban J connectivity index is 3.44. The van der Waals surface area contributed by atoms with Crippen LogP contribution in [-0.4, -0.2) is 47.4 Å². The van der Waals surface area contributed by atoms with Crippen LogP contribution in [0.1, 0.15) is 354 Å². The maximum Gasteiger partial charge on any atom is 0.305 e. The highest BCUT2D eigenvalue weighted by Crippen LogP contribution is 2.18. The monoisotopic (exact) mass is 974 g/mol. The van der Waals surface area contributed by atoms with Gasteiger partial charge in [-0.25, -0.2) is 0 Å². The average molecular weight is 975 g/mol. The fourth-order valence-corrected chi connectivity index (χ4v) is 9.99. The Morgan fingerprint density at radius 1 is 0.391 bits per heavy atom. The first-order valence-electron chi connectivity index (χ1n) is 31.4. The molecule has 0 spiro atoms. The summed E-state index contributed by atoms with van der Waals surface area (Å²) in [4.78, 5) is 24.6. The van der Waals surface area contributed by atoms with Crippen LogP contribution in [0.15, 0.2) is 12.2 Å². The Kier molecular flexibility index (Phi) is 58.0. The Bertz CT molecular complexity index is 1030. The van der Waals surface area contributed by atoms with Crippen molar-refractivity contribution in [2.75, 3.05) is 13.2 Å². The fourth-order valence-electron chi connectivity index (χ4n) is 9.99. The van der Waals surface area contributed by atoms with Crippen molar-refractivity contribution in [2.24, 2.45) is 0 Å². The van der Waals surface area contributed by atoms with Gasteiger partial charge in [0.2, 0.25) is 5.91 Å². The normalized spacial score (nSPS) is 12.6. The van der Waals surface area contributed by atoms with Gasteiger partial charge in [0, 0.05) is 12.8 Å². The van der Waals surface area contributed by atoms with E-state index in [0.29, 0.717) is 25.9 Å². The molecule has 0 radical (unpaired) electrons. The molecule has 0 aromatic rings. The number of aliphatic hydroxyl groups excluding tert-OH is 2. The molecule has 0 rings (SSSR count). The van der Waals surface area contributed by atoms with E-state index in [-0.39, 0.29) is 18.5 Å². The third kappa shape index (κ3) is 55.8. The van der Waals surface area contributed by atoms with Gasteiger partial charge in [0.15, 0.2) is 0 Å². The zero-order valence-corrected chi connectivity index (χ0v) is 46.8. The highest BCUT2D eigenvalue weighted by atomic mass is 16.5. The molecular formula is C63H123NO5. The van der Waals surface area contributed by atoms with E-state index >= 15 is 0 Å². The van der Waals surface area contributed by atoms with Crippen molar-refractivity contribution in [3.63, 3.8) is 0 Å². The Morgan fingerprint density at radius 2 is 0.681 bits per heavy atom. The lowest BCUT2D eigenvalue weighted by molar-refractivity contribution is -0.143. The minimum Gasteiger partial charge on any atom is -0.466 e. The topological polar surface area (TPSA) is 95.9 Å². The van der Waals surface area contributed by atoms with E-state index in [9.17, 15) is 19.8 Å². The van der Waals surface area contributed by atoms with Crippen LogP contribution in [-0.2, 0) is 14.3 Å². The fraction of sp³-hybridized carbons (Fsp3) is 0.937. The highest BCUT2D eigenvalue weighted by Gasteiger charge is 2.20. The standard InChI is InChI=1S/C63H123NO5/c1-3-5-7-9-11-13-15-17-19-21-23-24-25-26-27-28-30-32-35-39-43-47-51-55-61(66)60(59-65)64-62(67)56-52-48-44-40-36-34-38-42-46-50-54-58-69-63(68)57-53-49-45-41-37-33-31-29-22-20-18-16-14-12-10-8-6-4-2/h20,22,60-61,65-66H,3-19,21,23-59H2,1-2H3,(H,64,67)/b22-20-. The van der Waals surface area contributed by atoms with Gasteiger partial charge in [-0.1, -0.05) is 302 Å². The molecular weight excluding hydrogens is 851 g/mol. The quantitative estimate of drug-likeness (QED) is 0.0321. The van der Waals surface area contributed by atoms with Crippen molar-refractivity contribution >= 4 is 11.9 Å². The third-order valence-electron chi connectivity index (χ3n) is 14.8. The van der Waals surface area contributed by atoms with Crippen LogP contribution in [0.2, 0.25) is 0 Å². The summed E-state index contributed by atoms with van der Waals surface area (Å²) in [6, 6.07) is -0.556. The van der Waals surface area contributed by atoms with E-state index in [1.807, 2.05) is 0 Å². The molecule has 2 unspecified atom stereocenters. The Labute approximate surface area is 431 Å². The Hall–Kier alpha value is -1.40. The van der Waals surface area contributed by atoms with Gasteiger partial charge in [0.25, 0.3) is 0 Å². The lowest BCUT2D eigenvalue weighted by Gasteiger charge is -2.22. The number of carbonyl (C=O) groups is 2. The van der Waals surface area contributed by atoms with E-state index in [0.717, 1.165) is 57.8 Å². The summed E-state index contributed by atoms with van der Waals surface area (Å²) in [6.07, 6.45) is 70.7. The maximum absolute atomic E-state index is 12.5. The second-order valence-corrected chi connectivity index (χ2v) is 21.7. The minimum absolute atomic E-state index is 0.0150. The average Bonchev–Trinajstić information content (AvgIpc) is 3.35. The molecule has 6 heteroatoms. The summed E-state index contributed by atoms with van der Waals surface area (Å²) in [5.74, 6) is -0.0646. The number of amides is 1. The van der Waals surface area contributed by atoms with Gasteiger partial charge < -0.3 is 20.3 Å². The van der Waals surface area contributed by atoms with Crippen LogP contribution in [0.5, 0.6) is 0 Å². The molecule has 69 heavy (non-hydrogen) atoms. The summed E-state index contributed by atoms with van der Waals surface area (Å²) in [5, 5.41) is 23.4. The van der Waals surface area contributed by atoms with Gasteiger partial charge in [-0.3, -0.25) is 9.59 Å². The number of ether oxygens (including phenoxy) is 1. The molecule has 0 saturated heterocycles. The van der Waals surface area contributed by atoms with Gasteiger partial charge in [-0.05, 0) is 51.4 Å². The molecule has 410 valence electrons. The molecule has 0 heterocycles. The van der Waals surface area contributed by atoms with Crippen molar-refractivity contribution < 1.29 is 24.5 Å². The van der Waals surface area contributed by atoms with E-state index in [1.165, 1.54) is 263 Å². The summed E-state index contributed by atoms with van der Waals surface area (Å²) >= 11 is 0. The van der Waals surface area contributed by atoms with E-state index in [2.05, 4.69) is 31.3 Å². The largest absolute Gasteiger partial charge is 0.466 e. The zero-order valence-electron chi connectivity index (χ0n) is 46.8. The second kappa shape index (κ2) is 59.2. The number of esters is 1. The number of unbranched alkanes of at least 4 members (excludes halogenated alkanes) is 46. The number of allylic oxidation sites excluding steroid dienone is 2. The van der Waals surface area contributed by atoms with Crippen LogP contribution in [0, 0.1) is 0 Å². The van der Waals surface area contributed by atoms with Crippen molar-refractivity contribution in [1.82, 2.24) is 5.32 Å². The summed E-state index contributed by atoms with van der Waals surface area (Å²) in [6.45, 7) is 4.94. The summed E-state index contributed by atoms with van der Waals surface area (Å²) < 4.78 is 5.48. The molecule has 2 atom stereocenters. The van der Waals surface area contributed by atoms with Crippen LogP contribution < -0.4 is 5.32 Å². The molecule has 0 bridgehead atoms. The number of hydrogen-bond donors (Lipinski definition) is 3. The van der Waals surface area contributed by atoms with Gasteiger partial charge in [-0.2, -0.15) is 0 Å². The van der Waals surface area contributed by atoms with Crippen LogP contribution in [0.3, 0.4) is 0 Å². The molecule has 0 aromatic heterocycles. The number of carbonyl (C=O) groups excluding carboxylic acids is 2. The van der Waals surface area contributed by atoms with Crippen molar-refractivity contribution in [2.45, 2.75) is 366 Å². The Morgan fingerprint density at radius 3 is 1.03 bits per heavy atom. The first-order chi connectivity index (χ1) is 34.0. The van der Waals surface area contributed by atoms with Gasteiger partial charge in [0.05, 0.1) is 25.4 Å². The van der Waals surface area contributed by atoms with Crippen molar-refractivity contribution in [3.8, 4) is 0 Å². The van der Waals surface area contributed by atoms with Gasteiger partial charge in [0.1, 0.15) is 0 Å². The third-order valence-corrected chi connectivity index (χ3v) is 14.8. The predicted octanol–water partition coefficient (Wildman–Crippen LogP) is 19.6. The highest BCUT2D eigenvalue weighted by molar-refractivity contribution is 5.76. The summed E-state index contributed by atoms with van der Waals surface area (Å²) in [5.41, 5.74) is 0. The second-order valence-electron chi connectivity index (χ2n) is 21.7. The number of hydrogen-bond acceptors (Lipinski definition) is 5. The van der Waals surface area contributed by atoms with E-state index in [4.69, 9.17) is 4.74 Å². The molecule has 0 fully saturated rings. The van der Waals surface area contributed by atoms with E-state index < -0.39 is 12.1 Å². The first-order valence-corrected chi connectivity index (χ1v) is 31.4. The van der Waals surface area contributed by atoms with Crippen LogP contribution >= 0.6 is 0 Å². The van der Waals surface area contributed by atoms with Crippen LogP contribution in [0.25, 0.3) is 0 Å². The molecule has 0 aliphatic rings. The lowest BCUT2D eigenvalue weighted by atomic mass is 10.0. The molecule has 0 saturated carbocycles. The predicted molar refractivity (Wildman–Crippen MR) is 301 cm³/mol. The molecule has 0 aromatic carbocycles.